The van der Waals surface area contributed by atoms with E-state index < -0.39 is 0 Å². The predicted octanol–water partition coefficient (Wildman–Crippen LogP) is 7.81. The summed E-state index contributed by atoms with van der Waals surface area (Å²) in [7, 11) is 4.21. The third-order valence-electron chi connectivity index (χ3n) is 6.87. The highest BCUT2D eigenvalue weighted by atomic mass is 127. The number of aromatic nitrogens is 2. The number of aryl methyl sites for hydroxylation is 2. The Bertz CT molecular complexity index is 1180. The van der Waals surface area contributed by atoms with Crippen molar-refractivity contribution in [3.05, 3.63) is 73.1 Å². The molecule has 2 aromatic carbocycles. The van der Waals surface area contributed by atoms with E-state index in [4.69, 9.17) is 0 Å². The lowest BCUT2D eigenvalue weighted by Crippen LogP contribution is -2.28. The highest BCUT2D eigenvalue weighted by Crippen LogP contribution is 2.25. The molecule has 0 saturated heterocycles. The van der Waals surface area contributed by atoms with Crippen LogP contribution in [0, 0.1) is 0 Å². The van der Waals surface area contributed by atoms with Crippen LogP contribution < -0.4 is 19.8 Å². The van der Waals surface area contributed by atoms with Gasteiger partial charge in [-0.3, -0.25) is 0 Å². The molecule has 6 heteroatoms. The Kier molecular flexibility index (Phi) is 10.4. The van der Waals surface area contributed by atoms with Gasteiger partial charge in [-0.2, -0.15) is 0 Å². The highest BCUT2D eigenvalue weighted by Gasteiger charge is 2.13. The van der Waals surface area contributed by atoms with Crippen molar-refractivity contribution in [2.24, 2.45) is 14.1 Å². The lowest BCUT2D eigenvalue weighted by Gasteiger charge is -2.15. The van der Waals surface area contributed by atoms with Crippen LogP contribution in [0.1, 0.15) is 51.4 Å². The second-order valence-corrected chi connectivity index (χ2v) is 12.6. The minimum Gasteiger partial charge on any atom is -0.373 e. The SMILES string of the molecule is C[n+]1ccc(NC(I)CCCCCCCCC(I)Nc2cc[n+](C)c3ccccc23)c2ccccc21. The number of benzene rings is 2. The Hall–Kier alpha value is -1.68. The van der Waals surface area contributed by atoms with Crippen LogP contribution in [0.5, 0.6) is 0 Å². The lowest BCUT2D eigenvalue weighted by molar-refractivity contribution is -0.644. The molecule has 4 rings (SSSR count). The van der Waals surface area contributed by atoms with E-state index in [9.17, 15) is 0 Å². The first-order valence-electron chi connectivity index (χ1n) is 13.1. The van der Waals surface area contributed by atoms with Crippen LogP contribution in [0.25, 0.3) is 21.8 Å². The largest absolute Gasteiger partial charge is 0.373 e. The van der Waals surface area contributed by atoms with Gasteiger partial charge in [0, 0.05) is 24.3 Å². The molecule has 2 heterocycles. The topological polar surface area (TPSA) is 31.8 Å². The Morgan fingerprint density at radius 3 is 1.42 bits per heavy atom. The summed E-state index contributed by atoms with van der Waals surface area (Å²) in [6.45, 7) is 0. The smallest absolute Gasteiger partial charge is 0.214 e. The maximum atomic E-state index is 3.73. The van der Waals surface area contributed by atoms with Crippen LogP contribution in [0.3, 0.4) is 0 Å². The molecule has 2 aromatic heterocycles. The van der Waals surface area contributed by atoms with Gasteiger partial charge >= 0.3 is 0 Å². The van der Waals surface area contributed by atoms with Gasteiger partial charge in [-0.25, -0.2) is 9.13 Å². The predicted molar refractivity (Wildman–Crippen MR) is 170 cm³/mol. The van der Waals surface area contributed by atoms with Crippen molar-refractivity contribution in [3.63, 3.8) is 0 Å². The molecule has 0 bridgehead atoms. The summed E-state index contributed by atoms with van der Waals surface area (Å²) in [5.74, 6) is 0. The number of nitrogens with one attached hydrogen (secondary N) is 2. The first kappa shape index (κ1) is 27.4. The van der Waals surface area contributed by atoms with E-state index in [0.717, 1.165) is 0 Å². The molecule has 0 aliphatic carbocycles. The van der Waals surface area contributed by atoms with E-state index in [0.29, 0.717) is 8.10 Å². The van der Waals surface area contributed by atoms with E-state index in [1.165, 1.54) is 84.5 Å². The summed E-state index contributed by atoms with van der Waals surface area (Å²) < 4.78 is 5.28. The summed E-state index contributed by atoms with van der Waals surface area (Å²) in [5, 5.41) is 10.1. The molecule has 0 radical (unpaired) electrons. The number of halogens is 2. The second kappa shape index (κ2) is 13.7. The van der Waals surface area contributed by atoms with Crippen molar-refractivity contribution in [2.45, 2.75) is 59.5 Å². The molecule has 0 spiro atoms. The van der Waals surface area contributed by atoms with Gasteiger partial charge in [0.25, 0.3) is 0 Å². The van der Waals surface area contributed by atoms with E-state index in [1.54, 1.807) is 0 Å². The first-order valence-corrected chi connectivity index (χ1v) is 15.6. The molecule has 0 aliphatic rings. The molecule has 36 heavy (non-hydrogen) atoms. The summed E-state index contributed by atoms with van der Waals surface area (Å²) in [6.07, 6.45) is 14.6. The number of unbranched alkanes of at least 4 members (excludes halogenated alkanes) is 5. The molecule has 0 saturated carbocycles. The molecule has 190 valence electrons. The number of pyridine rings is 2. The molecular formula is C30H38I2N4+2. The van der Waals surface area contributed by atoms with Gasteiger partial charge in [0.05, 0.1) is 30.2 Å². The summed E-state index contributed by atoms with van der Waals surface area (Å²) in [6, 6.07) is 21.6. The van der Waals surface area contributed by atoms with Crippen LogP contribution in [0.15, 0.2) is 73.1 Å². The quantitative estimate of drug-likeness (QED) is 0.0489. The Morgan fingerprint density at radius 2 is 0.972 bits per heavy atom. The number of nitrogens with zero attached hydrogens (tertiary/aromatic N) is 2. The molecule has 0 fully saturated rings. The van der Waals surface area contributed by atoms with Crippen LogP contribution in [-0.4, -0.2) is 8.10 Å². The van der Waals surface area contributed by atoms with Crippen molar-refractivity contribution in [2.75, 3.05) is 10.6 Å². The fraction of sp³-hybridized carbons (Fsp3) is 0.400. The average molecular weight is 708 g/mol. The van der Waals surface area contributed by atoms with Crippen LogP contribution in [0.4, 0.5) is 11.4 Å². The minimum absolute atomic E-state index is 0.459. The molecular weight excluding hydrogens is 670 g/mol. The van der Waals surface area contributed by atoms with Gasteiger partial charge in [-0.05, 0) is 25.0 Å². The lowest BCUT2D eigenvalue weighted by atomic mass is 10.1. The Morgan fingerprint density at radius 1 is 0.583 bits per heavy atom. The zero-order valence-corrected chi connectivity index (χ0v) is 25.7. The zero-order chi connectivity index (χ0) is 25.3. The summed E-state index contributed by atoms with van der Waals surface area (Å²) in [5.41, 5.74) is 5.01. The van der Waals surface area contributed by atoms with Gasteiger partial charge in [0.15, 0.2) is 12.4 Å². The normalized spacial score (nSPS) is 13.1. The van der Waals surface area contributed by atoms with Gasteiger partial charge in [-0.1, -0.05) is 108 Å². The molecule has 4 aromatic rings. The summed E-state index contributed by atoms with van der Waals surface area (Å²) >= 11 is 5.11. The number of fused-ring (bicyclic) bond motifs is 2. The van der Waals surface area contributed by atoms with Crippen LogP contribution in [0.2, 0.25) is 0 Å². The number of rotatable bonds is 13. The first-order chi connectivity index (χ1) is 17.5. The van der Waals surface area contributed by atoms with E-state index in [-0.39, 0.29) is 0 Å². The van der Waals surface area contributed by atoms with E-state index in [2.05, 4.69) is 152 Å². The van der Waals surface area contributed by atoms with Crippen LogP contribution in [-0.2, 0) is 14.1 Å². The van der Waals surface area contributed by atoms with E-state index >= 15 is 0 Å². The molecule has 2 atom stereocenters. The monoisotopic (exact) mass is 708 g/mol. The van der Waals surface area contributed by atoms with Gasteiger partial charge in [0.1, 0.15) is 14.1 Å². The van der Waals surface area contributed by atoms with Crippen LogP contribution >= 0.6 is 45.2 Å². The molecule has 2 unspecified atom stereocenters. The Labute approximate surface area is 243 Å². The summed E-state index contributed by atoms with van der Waals surface area (Å²) in [4.78, 5) is 0. The molecule has 0 aliphatic heterocycles. The molecule has 0 amide bonds. The maximum absolute atomic E-state index is 3.73. The van der Waals surface area contributed by atoms with Gasteiger partial charge in [-0.15, -0.1) is 0 Å². The van der Waals surface area contributed by atoms with Crippen molar-refractivity contribution in [1.82, 2.24) is 0 Å². The number of hydrogen-bond acceptors (Lipinski definition) is 2. The average Bonchev–Trinajstić information content (AvgIpc) is 2.89. The van der Waals surface area contributed by atoms with Gasteiger partial charge in [0.2, 0.25) is 11.0 Å². The molecule has 2 N–H and O–H groups in total. The van der Waals surface area contributed by atoms with Crippen molar-refractivity contribution in [3.8, 4) is 0 Å². The number of para-hydroxylation sites is 2. The van der Waals surface area contributed by atoms with E-state index in [1.807, 2.05) is 0 Å². The number of anilines is 2. The fourth-order valence-corrected chi connectivity index (χ4v) is 6.37. The minimum atomic E-state index is 0.459. The third-order valence-corrected chi connectivity index (χ3v) is 8.74. The number of alkyl halides is 2. The van der Waals surface area contributed by atoms with Crippen molar-refractivity contribution < 1.29 is 9.13 Å². The fourth-order valence-electron chi connectivity index (χ4n) is 4.82. The molecule has 4 nitrogen and oxygen atoms in total. The second-order valence-electron chi connectivity index (χ2n) is 9.64. The van der Waals surface area contributed by atoms with Gasteiger partial charge < -0.3 is 10.6 Å². The maximum Gasteiger partial charge on any atom is 0.214 e. The number of hydrogen-bond donors (Lipinski definition) is 2. The van der Waals surface area contributed by atoms with Crippen molar-refractivity contribution in [1.29, 1.82) is 0 Å². The zero-order valence-electron chi connectivity index (χ0n) is 21.4. The standard InChI is InChI=1S/C30H36I2N4/c1-35-21-19-25(23-13-9-11-15-27(23)35)33-29(31)17-7-5-3-4-6-8-18-30(32)34-26-20-22-36(2)28-16-12-10-14-24(26)28/h9-16,19-22,29-30H,3-8,17-18H2,1-2H3/p+2. The third kappa shape index (κ3) is 7.43. The Balaban J connectivity index is 1.10. The van der Waals surface area contributed by atoms with Crippen molar-refractivity contribution >= 4 is 78.4 Å². The highest BCUT2D eigenvalue weighted by molar-refractivity contribution is 14.1.